The van der Waals surface area contributed by atoms with Crippen LogP contribution in [0.25, 0.3) is 0 Å². The lowest BCUT2D eigenvalue weighted by Crippen LogP contribution is -2.35. The van der Waals surface area contributed by atoms with Gasteiger partial charge in [0.2, 0.25) is 5.89 Å². The molecule has 0 spiro atoms. The van der Waals surface area contributed by atoms with E-state index in [9.17, 15) is 13.2 Å². The summed E-state index contributed by atoms with van der Waals surface area (Å²) in [5.74, 6) is 0.671. The fourth-order valence-electron chi connectivity index (χ4n) is 1.53. The van der Waals surface area contributed by atoms with Crippen molar-refractivity contribution in [2.75, 3.05) is 19.7 Å². The zero-order valence-electron chi connectivity index (χ0n) is 10.9. The normalized spacial score (nSPS) is 12.6. The molecular formula is C11H18F3N3O2. The van der Waals surface area contributed by atoms with Crippen molar-refractivity contribution >= 4 is 0 Å². The summed E-state index contributed by atoms with van der Waals surface area (Å²) in [5.41, 5.74) is 0. The molecule has 8 heteroatoms. The van der Waals surface area contributed by atoms with Crippen molar-refractivity contribution < 1.29 is 22.8 Å². The molecule has 0 bridgehead atoms. The first kappa shape index (κ1) is 15.9. The molecule has 0 aliphatic rings. The number of hydrogen-bond donors (Lipinski definition) is 1. The minimum atomic E-state index is -4.29. The molecule has 1 rings (SSSR count). The minimum Gasteiger partial charge on any atom is -0.396 e. The van der Waals surface area contributed by atoms with Crippen molar-refractivity contribution in [1.82, 2.24) is 15.0 Å². The van der Waals surface area contributed by atoms with Gasteiger partial charge < -0.3 is 9.63 Å². The van der Waals surface area contributed by atoms with E-state index >= 15 is 0 Å². The minimum absolute atomic E-state index is 0.0368. The summed E-state index contributed by atoms with van der Waals surface area (Å²) in [6.07, 6.45) is -4.02. The van der Waals surface area contributed by atoms with Gasteiger partial charge in [-0.15, -0.1) is 0 Å². The molecular weight excluding hydrogens is 263 g/mol. The molecule has 0 unspecified atom stereocenters. The van der Waals surface area contributed by atoms with Crippen molar-refractivity contribution in [3.63, 3.8) is 0 Å². The highest BCUT2D eigenvalue weighted by Crippen LogP contribution is 2.18. The van der Waals surface area contributed by atoms with Crippen LogP contribution in [0.2, 0.25) is 0 Å². The van der Waals surface area contributed by atoms with Crippen LogP contribution in [-0.4, -0.2) is 46.0 Å². The third-order valence-electron chi connectivity index (χ3n) is 2.38. The van der Waals surface area contributed by atoms with Gasteiger partial charge in [0, 0.05) is 19.1 Å². The van der Waals surface area contributed by atoms with E-state index in [4.69, 9.17) is 9.63 Å². The van der Waals surface area contributed by atoms with Crippen LogP contribution in [0.1, 0.15) is 37.9 Å². The van der Waals surface area contributed by atoms with E-state index in [1.165, 1.54) is 0 Å². The molecule has 0 aliphatic carbocycles. The molecule has 0 saturated heterocycles. The first-order valence-electron chi connectivity index (χ1n) is 6.04. The summed E-state index contributed by atoms with van der Waals surface area (Å²) in [4.78, 5) is 5.18. The predicted molar refractivity (Wildman–Crippen MR) is 61.4 cm³/mol. The fraction of sp³-hybridized carbons (Fsp3) is 0.818. The van der Waals surface area contributed by atoms with Gasteiger partial charge in [-0.05, 0) is 6.42 Å². The molecule has 0 atom stereocenters. The SMILES string of the molecule is CC(C)c1nc(CN(CCCO)CC(F)(F)F)no1. The third kappa shape index (κ3) is 6.02. The number of nitrogens with zero attached hydrogens (tertiary/aromatic N) is 3. The molecule has 1 N–H and O–H groups in total. The van der Waals surface area contributed by atoms with E-state index in [1.54, 1.807) is 0 Å². The van der Waals surface area contributed by atoms with Gasteiger partial charge in [0.15, 0.2) is 5.82 Å². The van der Waals surface area contributed by atoms with Crippen molar-refractivity contribution in [1.29, 1.82) is 0 Å². The van der Waals surface area contributed by atoms with Crippen LogP contribution < -0.4 is 0 Å². The highest BCUT2D eigenvalue weighted by atomic mass is 19.4. The van der Waals surface area contributed by atoms with Crippen LogP contribution in [-0.2, 0) is 6.54 Å². The largest absolute Gasteiger partial charge is 0.401 e. The molecule has 1 heterocycles. The number of aliphatic hydroxyl groups excluding tert-OH is 1. The lowest BCUT2D eigenvalue weighted by Gasteiger charge is -2.21. The van der Waals surface area contributed by atoms with Gasteiger partial charge in [0.1, 0.15) is 0 Å². The molecule has 1 aromatic heterocycles. The van der Waals surface area contributed by atoms with Crippen molar-refractivity contribution in [2.24, 2.45) is 0 Å². The molecule has 0 radical (unpaired) electrons. The molecule has 0 fully saturated rings. The number of hydrogen-bond acceptors (Lipinski definition) is 5. The standard InChI is InChI=1S/C11H18F3N3O2/c1-8(2)10-15-9(16-19-10)6-17(4-3-5-18)7-11(12,13)14/h8,18H,3-7H2,1-2H3. The maximum atomic E-state index is 12.4. The zero-order valence-corrected chi connectivity index (χ0v) is 10.9. The smallest absolute Gasteiger partial charge is 0.396 e. The fourth-order valence-corrected chi connectivity index (χ4v) is 1.53. The molecule has 0 aromatic carbocycles. The van der Waals surface area contributed by atoms with Gasteiger partial charge in [-0.3, -0.25) is 4.90 Å². The Morgan fingerprint density at radius 3 is 2.53 bits per heavy atom. The lowest BCUT2D eigenvalue weighted by molar-refractivity contribution is -0.147. The lowest BCUT2D eigenvalue weighted by atomic mass is 10.2. The molecule has 0 amide bonds. The van der Waals surface area contributed by atoms with Gasteiger partial charge in [-0.2, -0.15) is 18.2 Å². The second kappa shape index (κ2) is 6.85. The van der Waals surface area contributed by atoms with Crippen molar-refractivity contribution in [3.05, 3.63) is 11.7 Å². The quantitative estimate of drug-likeness (QED) is 0.827. The summed E-state index contributed by atoms with van der Waals surface area (Å²) in [6.45, 7) is 2.58. The highest BCUT2D eigenvalue weighted by molar-refractivity contribution is 4.90. The Labute approximate surface area is 109 Å². The molecule has 0 aliphatic heterocycles. The maximum Gasteiger partial charge on any atom is 0.401 e. The van der Waals surface area contributed by atoms with Gasteiger partial charge in [0.25, 0.3) is 0 Å². The summed E-state index contributed by atoms with van der Waals surface area (Å²) in [7, 11) is 0. The van der Waals surface area contributed by atoms with E-state index in [1.807, 2.05) is 13.8 Å². The second-order valence-corrected chi connectivity index (χ2v) is 4.61. The van der Waals surface area contributed by atoms with Crippen molar-refractivity contribution in [2.45, 2.75) is 38.9 Å². The number of rotatable bonds is 7. The molecule has 0 saturated carbocycles. The predicted octanol–water partition coefficient (Wildman–Crippen LogP) is 1.94. The van der Waals surface area contributed by atoms with Gasteiger partial charge in [0.05, 0.1) is 13.1 Å². The van der Waals surface area contributed by atoms with Crippen LogP contribution >= 0.6 is 0 Å². The average Bonchev–Trinajstić information content (AvgIpc) is 2.72. The maximum absolute atomic E-state index is 12.4. The second-order valence-electron chi connectivity index (χ2n) is 4.61. The van der Waals surface area contributed by atoms with Gasteiger partial charge >= 0.3 is 6.18 Å². The number of aliphatic hydroxyl groups is 1. The van der Waals surface area contributed by atoms with Crippen LogP contribution in [0, 0.1) is 0 Å². The van der Waals surface area contributed by atoms with E-state index in [0.717, 1.165) is 4.90 Å². The van der Waals surface area contributed by atoms with Crippen molar-refractivity contribution in [3.8, 4) is 0 Å². The Balaban J connectivity index is 2.64. The molecule has 19 heavy (non-hydrogen) atoms. The van der Waals surface area contributed by atoms with E-state index in [-0.39, 0.29) is 37.9 Å². The van der Waals surface area contributed by atoms with Crippen LogP contribution in [0.4, 0.5) is 13.2 Å². The molecule has 110 valence electrons. The van der Waals surface area contributed by atoms with Crippen LogP contribution in [0.3, 0.4) is 0 Å². The number of aromatic nitrogens is 2. The Kier molecular flexibility index (Phi) is 5.74. The number of halogens is 3. The van der Waals surface area contributed by atoms with E-state index in [0.29, 0.717) is 5.89 Å². The Morgan fingerprint density at radius 1 is 1.37 bits per heavy atom. The van der Waals surface area contributed by atoms with Crippen LogP contribution in [0.15, 0.2) is 4.52 Å². The van der Waals surface area contributed by atoms with E-state index < -0.39 is 12.7 Å². The van der Waals surface area contributed by atoms with Gasteiger partial charge in [-0.1, -0.05) is 19.0 Å². The third-order valence-corrected chi connectivity index (χ3v) is 2.38. The monoisotopic (exact) mass is 281 g/mol. The first-order valence-corrected chi connectivity index (χ1v) is 6.04. The average molecular weight is 281 g/mol. The Hall–Kier alpha value is -1.15. The van der Waals surface area contributed by atoms with Gasteiger partial charge in [-0.25, -0.2) is 0 Å². The highest BCUT2D eigenvalue weighted by Gasteiger charge is 2.31. The van der Waals surface area contributed by atoms with E-state index in [2.05, 4.69) is 10.1 Å². The summed E-state index contributed by atoms with van der Waals surface area (Å²) in [6, 6.07) is 0. The molecule has 5 nitrogen and oxygen atoms in total. The van der Waals surface area contributed by atoms with Crippen LogP contribution in [0.5, 0.6) is 0 Å². The topological polar surface area (TPSA) is 62.4 Å². The Morgan fingerprint density at radius 2 is 2.05 bits per heavy atom. The molecule has 1 aromatic rings. The summed E-state index contributed by atoms with van der Waals surface area (Å²) < 4.78 is 42.1. The number of alkyl halides is 3. The first-order chi connectivity index (χ1) is 8.81. The summed E-state index contributed by atoms with van der Waals surface area (Å²) >= 11 is 0. The summed E-state index contributed by atoms with van der Waals surface area (Å²) in [5, 5.41) is 12.4. The Bertz CT molecular complexity index is 380. The zero-order chi connectivity index (χ0) is 14.5.